The van der Waals surface area contributed by atoms with Gasteiger partial charge in [-0.05, 0) is 41.6 Å². The fraction of sp³-hybridized carbons (Fsp3) is 0.269. The molecule has 0 atom stereocenters. The summed E-state index contributed by atoms with van der Waals surface area (Å²) in [5, 5.41) is 3.04. The molecular formula is C26H29Cl2N3O4. The molecule has 2 aromatic carbocycles. The average molecular weight is 518 g/mol. The van der Waals surface area contributed by atoms with Gasteiger partial charge in [0.15, 0.2) is 18.1 Å². The highest BCUT2D eigenvalue weighted by atomic mass is 35.5. The topological polar surface area (TPSA) is 96.6 Å². The van der Waals surface area contributed by atoms with Gasteiger partial charge in [-0.3, -0.25) is 9.78 Å². The van der Waals surface area contributed by atoms with Crippen LogP contribution in [0.5, 0.6) is 17.2 Å². The largest absolute Gasteiger partial charge is 0.493 e. The van der Waals surface area contributed by atoms with E-state index in [0.717, 1.165) is 46.0 Å². The van der Waals surface area contributed by atoms with Crippen molar-refractivity contribution < 1.29 is 19.0 Å². The second-order valence-electron chi connectivity index (χ2n) is 7.80. The molecule has 0 fully saturated rings. The summed E-state index contributed by atoms with van der Waals surface area (Å²) in [4.78, 5) is 20.7. The van der Waals surface area contributed by atoms with Crippen LogP contribution in [0, 0.1) is 0 Å². The zero-order valence-electron chi connectivity index (χ0n) is 19.9. The normalized spacial score (nSPS) is 10.4. The molecule has 4 rings (SSSR count). The number of nitrogens with two attached hydrogens (primary N) is 1. The number of ether oxygens (including phenoxy) is 3. The Bertz CT molecular complexity index is 1330. The van der Waals surface area contributed by atoms with E-state index in [1.54, 1.807) is 20.3 Å². The summed E-state index contributed by atoms with van der Waals surface area (Å²) in [5.41, 5.74) is 8.86. The molecule has 35 heavy (non-hydrogen) atoms. The summed E-state index contributed by atoms with van der Waals surface area (Å²) < 4.78 is 16.7. The Morgan fingerprint density at radius 1 is 0.971 bits per heavy atom. The second-order valence-corrected chi connectivity index (χ2v) is 7.80. The van der Waals surface area contributed by atoms with Crippen LogP contribution in [0.25, 0.3) is 21.7 Å². The van der Waals surface area contributed by atoms with E-state index in [1.807, 2.05) is 42.6 Å². The summed E-state index contributed by atoms with van der Waals surface area (Å²) in [6, 6.07) is 13.6. The van der Waals surface area contributed by atoms with Crippen LogP contribution >= 0.6 is 24.8 Å². The first-order valence-electron chi connectivity index (χ1n) is 10.9. The molecule has 0 saturated carbocycles. The number of hydrogen-bond acceptors (Lipinski definition) is 6. The number of para-hydroxylation sites is 1. The molecule has 9 heteroatoms. The number of halogens is 2. The third-order valence-electron chi connectivity index (χ3n) is 5.53. The predicted molar refractivity (Wildman–Crippen MR) is 143 cm³/mol. The molecule has 0 radical (unpaired) electrons. The van der Waals surface area contributed by atoms with Crippen LogP contribution in [0.15, 0.2) is 48.7 Å². The van der Waals surface area contributed by atoms with E-state index in [1.165, 1.54) is 0 Å². The van der Waals surface area contributed by atoms with Crippen molar-refractivity contribution in [3.63, 3.8) is 0 Å². The fourth-order valence-corrected chi connectivity index (χ4v) is 3.97. The number of carbonyl (C=O) groups excluding carboxylic acids is 1. The van der Waals surface area contributed by atoms with Crippen molar-refractivity contribution in [3.8, 4) is 17.2 Å². The first-order valence-corrected chi connectivity index (χ1v) is 10.9. The van der Waals surface area contributed by atoms with Crippen LogP contribution in [0.2, 0.25) is 0 Å². The van der Waals surface area contributed by atoms with Gasteiger partial charge in [-0.2, -0.15) is 0 Å². The SMILES string of the molecule is CCCc1ncc(Cc2ccc3cccc(OCC(N)=O)c3n2)c2cc(OC)c(OC)cc12.Cl.Cl. The highest BCUT2D eigenvalue weighted by Crippen LogP contribution is 2.36. The lowest BCUT2D eigenvalue weighted by Crippen LogP contribution is -2.20. The third kappa shape index (κ3) is 6.05. The maximum atomic E-state index is 11.2. The molecule has 1 amide bonds. The Morgan fingerprint density at radius 3 is 2.34 bits per heavy atom. The third-order valence-corrected chi connectivity index (χ3v) is 5.53. The van der Waals surface area contributed by atoms with Crippen molar-refractivity contribution in [1.82, 2.24) is 9.97 Å². The maximum Gasteiger partial charge on any atom is 0.255 e. The Morgan fingerprint density at radius 2 is 1.69 bits per heavy atom. The van der Waals surface area contributed by atoms with Crippen molar-refractivity contribution in [1.29, 1.82) is 0 Å². The number of primary amides is 1. The van der Waals surface area contributed by atoms with E-state index in [4.69, 9.17) is 29.9 Å². The van der Waals surface area contributed by atoms with Gasteiger partial charge < -0.3 is 19.9 Å². The minimum absolute atomic E-state index is 0. The molecule has 4 aromatic rings. The number of pyridine rings is 2. The molecule has 186 valence electrons. The number of carbonyl (C=O) groups is 1. The van der Waals surface area contributed by atoms with Gasteiger partial charge in [0.05, 0.1) is 14.2 Å². The number of aromatic nitrogens is 2. The minimum Gasteiger partial charge on any atom is -0.493 e. The van der Waals surface area contributed by atoms with Crippen LogP contribution in [-0.4, -0.2) is 36.7 Å². The number of nitrogens with zero attached hydrogens (tertiary/aromatic N) is 2. The molecular weight excluding hydrogens is 489 g/mol. The molecule has 0 spiro atoms. The number of hydrogen-bond donors (Lipinski definition) is 1. The van der Waals surface area contributed by atoms with Crippen molar-refractivity contribution >= 4 is 52.4 Å². The van der Waals surface area contributed by atoms with Gasteiger partial charge in [-0.15, -0.1) is 24.8 Å². The van der Waals surface area contributed by atoms with Gasteiger partial charge in [-0.25, -0.2) is 4.98 Å². The first-order chi connectivity index (χ1) is 16.0. The Labute approximate surface area is 216 Å². The summed E-state index contributed by atoms with van der Waals surface area (Å²) in [5.74, 6) is 1.35. The number of aryl methyl sites for hydroxylation is 1. The second kappa shape index (κ2) is 12.4. The lowest BCUT2D eigenvalue weighted by atomic mass is 9.99. The summed E-state index contributed by atoms with van der Waals surface area (Å²) >= 11 is 0. The highest BCUT2D eigenvalue weighted by Gasteiger charge is 2.15. The van der Waals surface area contributed by atoms with Crippen LogP contribution in [0.3, 0.4) is 0 Å². The van der Waals surface area contributed by atoms with Gasteiger partial charge in [0.1, 0.15) is 11.3 Å². The van der Waals surface area contributed by atoms with E-state index in [0.29, 0.717) is 29.2 Å². The zero-order valence-corrected chi connectivity index (χ0v) is 21.5. The summed E-state index contributed by atoms with van der Waals surface area (Å²) in [6.45, 7) is 1.94. The monoisotopic (exact) mass is 517 g/mol. The van der Waals surface area contributed by atoms with Crippen LogP contribution in [0.4, 0.5) is 0 Å². The molecule has 0 aliphatic rings. The fourth-order valence-electron chi connectivity index (χ4n) is 3.97. The van der Waals surface area contributed by atoms with E-state index >= 15 is 0 Å². The smallest absolute Gasteiger partial charge is 0.255 e. The molecule has 0 bridgehead atoms. The van der Waals surface area contributed by atoms with Crippen molar-refractivity contribution in [3.05, 3.63) is 65.6 Å². The molecule has 2 N–H and O–H groups in total. The minimum atomic E-state index is -0.530. The summed E-state index contributed by atoms with van der Waals surface area (Å²) in [6.07, 6.45) is 4.36. The van der Waals surface area contributed by atoms with Gasteiger partial charge in [0, 0.05) is 34.8 Å². The molecule has 2 heterocycles. The van der Waals surface area contributed by atoms with Gasteiger partial charge in [0.2, 0.25) is 0 Å². The Balaban J connectivity index is 0.00000216. The number of fused-ring (bicyclic) bond motifs is 2. The van der Waals surface area contributed by atoms with E-state index in [9.17, 15) is 4.79 Å². The molecule has 0 aliphatic carbocycles. The molecule has 0 unspecified atom stereocenters. The lowest BCUT2D eigenvalue weighted by molar-refractivity contribution is -0.119. The van der Waals surface area contributed by atoms with Crippen LogP contribution in [0.1, 0.15) is 30.3 Å². The standard InChI is InChI=1S/C26H27N3O4.2ClH/c1-4-6-21-20-13-24(32-3)23(31-2)12-19(20)17(14-28-21)11-18-10-9-16-7-5-8-22(26(16)29-18)33-15-25(27)30;;/h5,7-10,12-14H,4,6,11,15H2,1-3H3,(H2,27,30);2*1H. The van der Waals surface area contributed by atoms with Gasteiger partial charge >= 0.3 is 0 Å². The summed E-state index contributed by atoms with van der Waals surface area (Å²) in [7, 11) is 3.27. The molecule has 0 saturated heterocycles. The van der Waals surface area contributed by atoms with Crippen LogP contribution < -0.4 is 19.9 Å². The first kappa shape index (κ1) is 28.0. The molecule has 0 aliphatic heterocycles. The number of rotatable bonds is 9. The number of amides is 1. The molecule has 7 nitrogen and oxygen atoms in total. The van der Waals surface area contributed by atoms with E-state index < -0.39 is 5.91 Å². The maximum absolute atomic E-state index is 11.2. The van der Waals surface area contributed by atoms with E-state index in [-0.39, 0.29) is 31.4 Å². The zero-order chi connectivity index (χ0) is 23.4. The van der Waals surface area contributed by atoms with E-state index in [2.05, 4.69) is 6.92 Å². The quantitative estimate of drug-likeness (QED) is 0.333. The highest BCUT2D eigenvalue weighted by molar-refractivity contribution is 5.91. The number of benzene rings is 2. The van der Waals surface area contributed by atoms with Gasteiger partial charge in [-0.1, -0.05) is 31.5 Å². The van der Waals surface area contributed by atoms with Crippen molar-refractivity contribution in [2.75, 3.05) is 20.8 Å². The van der Waals surface area contributed by atoms with Gasteiger partial charge in [0.25, 0.3) is 5.91 Å². The van der Waals surface area contributed by atoms with Crippen molar-refractivity contribution in [2.45, 2.75) is 26.2 Å². The number of methoxy groups -OCH3 is 2. The molecule has 2 aromatic heterocycles. The van der Waals surface area contributed by atoms with Crippen LogP contribution in [-0.2, 0) is 17.6 Å². The average Bonchev–Trinajstić information content (AvgIpc) is 2.83. The Hall–Kier alpha value is -3.29. The lowest BCUT2D eigenvalue weighted by Gasteiger charge is -2.15. The van der Waals surface area contributed by atoms with Crippen molar-refractivity contribution in [2.24, 2.45) is 5.73 Å². The predicted octanol–water partition coefficient (Wildman–Crippen LogP) is 5.05. The Kier molecular flexibility index (Phi) is 9.92.